The third-order valence-electron chi connectivity index (χ3n) is 1.70. The van der Waals surface area contributed by atoms with Crippen molar-refractivity contribution >= 4 is 5.97 Å². The standard InChI is InChI=1S/C9H18O2/c1-4-5-8(2)6-7-11-9(3)10/h8H,4-7H2,1-3H3/t8-/m0/s1. The normalized spacial score (nSPS) is 12.6. The molecule has 66 valence electrons. The molecule has 0 aliphatic carbocycles. The zero-order valence-corrected chi connectivity index (χ0v) is 7.72. The van der Waals surface area contributed by atoms with Crippen LogP contribution in [0.2, 0.25) is 0 Å². The first-order valence-electron chi connectivity index (χ1n) is 4.30. The van der Waals surface area contributed by atoms with E-state index in [1.807, 2.05) is 0 Å². The Kier molecular flexibility index (Phi) is 5.90. The lowest BCUT2D eigenvalue weighted by atomic mass is 10.0. The van der Waals surface area contributed by atoms with Crippen LogP contribution in [0, 0.1) is 5.92 Å². The molecular formula is C9H18O2. The molecule has 0 aromatic heterocycles. The average molecular weight is 158 g/mol. The largest absolute Gasteiger partial charge is 0.466 e. The fourth-order valence-electron chi connectivity index (χ4n) is 1.04. The first kappa shape index (κ1) is 10.5. The van der Waals surface area contributed by atoms with E-state index >= 15 is 0 Å². The van der Waals surface area contributed by atoms with Gasteiger partial charge in [-0.25, -0.2) is 0 Å². The van der Waals surface area contributed by atoms with Crippen LogP contribution in [0.3, 0.4) is 0 Å². The molecule has 0 heterocycles. The molecule has 0 unspecified atom stereocenters. The molecule has 0 rings (SSSR count). The summed E-state index contributed by atoms with van der Waals surface area (Å²) in [4.78, 5) is 10.4. The summed E-state index contributed by atoms with van der Waals surface area (Å²) in [5.41, 5.74) is 0. The topological polar surface area (TPSA) is 26.3 Å². The van der Waals surface area contributed by atoms with Crippen LogP contribution in [0.15, 0.2) is 0 Å². The van der Waals surface area contributed by atoms with Gasteiger partial charge in [0, 0.05) is 6.92 Å². The highest BCUT2D eigenvalue weighted by atomic mass is 16.5. The Bertz CT molecular complexity index is 110. The van der Waals surface area contributed by atoms with Gasteiger partial charge < -0.3 is 4.74 Å². The third-order valence-corrected chi connectivity index (χ3v) is 1.70. The van der Waals surface area contributed by atoms with Gasteiger partial charge in [-0.2, -0.15) is 0 Å². The van der Waals surface area contributed by atoms with Crippen LogP contribution < -0.4 is 0 Å². The molecule has 0 aliphatic rings. The van der Waals surface area contributed by atoms with Gasteiger partial charge in [0.1, 0.15) is 0 Å². The summed E-state index contributed by atoms with van der Waals surface area (Å²) in [6.45, 7) is 6.39. The summed E-state index contributed by atoms with van der Waals surface area (Å²) < 4.78 is 4.82. The van der Waals surface area contributed by atoms with E-state index < -0.39 is 0 Å². The van der Waals surface area contributed by atoms with Crippen LogP contribution in [0.1, 0.15) is 40.0 Å². The van der Waals surface area contributed by atoms with Crippen molar-refractivity contribution in [2.45, 2.75) is 40.0 Å². The molecule has 0 N–H and O–H groups in total. The van der Waals surface area contributed by atoms with Gasteiger partial charge in [0.2, 0.25) is 0 Å². The molecule has 0 amide bonds. The minimum absolute atomic E-state index is 0.173. The Labute approximate surface area is 68.9 Å². The Morgan fingerprint density at radius 1 is 1.45 bits per heavy atom. The Balaban J connectivity index is 3.16. The molecule has 0 aliphatic heterocycles. The van der Waals surface area contributed by atoms with Gasteiger partial charge in [0.05, 0.1) is 6.61 Å². The van der Waals surface area contributed by atoms with Crippen molar-refractivity contribution in [3.63, 3.8) is 0 Å². The highest BCUT2D eigenvalue weighted by molar-refractivity contribution is 5.65. The molecule has 1 atom stereocenters. The second-order valence-electron chi connectivity index (χ2n) is 3.02. The van der Waals surface area contributed by atoms with Gasteiger partial charge in [-0.15, -0.1) is 0 Å². The van der Waals surface area contributed by atoms with Gasteiger partial charge >= 0.3 is 5.97 Å². The van der Waals surface area contributed by atoms with Gasteiger partial charge in [-0.1, -0.05) is 26.7 Å². The van der Waals surface area contributed by atoms with Gasteiger partial charge in [0.25, 0.3) is 0 Å². The maximum atomic E-state index is 10.4. The number of carbonyl (C=O) groups is 1. The van der Waals surface area contributed by atoms with Crippen molar-refractivity contribution in [1.82, 2.24) is 0 Å². The lowest BCUT2D eigenvalue weighted by Crippen LogP contribution is -2.04. The van der Waals surface area contributed by atoms with Crippen molar-refractivity contribution in [2.24, 2.45) is 5.92 Å². The molecule has 0 spiro atoms. The molecule has 2 heteroatoms. The molecule has 0 fully saturated rings. The maximum Gasteiger partial charge on any atom is 0.302 e. The van der Waals surface area contributed by atoms with E-state index in [1.54, 1.807) is 0 Å². The smallest absolute Gasteiger partial charge is 0.302 e. The lowest BCUT2D eigenvalue weighted by molar-refractivity contribution is -0.141. The maximum absolute atomic E-state index is 10.4. The second kappa shape index (κ2) is 6.20. The van der Waals surface area contributed by atoms with Crippen LogP contribution in [0.25, 0.3) is 0 Å². The van der Waals surface area contributed by atoms with Crippen LogP contribution >= 0.6 is 0 Å². The summed E-state index contributed by atoms with van der Waals surface area (Å²) in [6, 6.07) is 0. The van der Waals surface area contributed by atoms with E-state index in [2.05, 4.69) is 13.8 Å². The van der Waals surface area contributed by atoms with Crippen LogP contribution in [0.5, 0.6) is 0 Å². The quantitative estimate of drug-likeness (QED) is 0.574. The first-order chi connectivity index (χ1) is 5.16. The average Bonchev–Trinajstić information content (AvgIpc) is 1.87. The summed E-state index contributed by atoms with van der Waals surface area (Å²) in [5.74, 6) is 0.507. The first-order valence-corrected chi connectivity index (χ1v) is 4.30. The van der Waals surface area contributed by atoms with E-state index in [9.17, 15) is 4.79 Å². The van der Waals surface area contributed by atoms with E-state index in [0.29, 0.717) is 12.5 Å². The van der Waals surface area contributed by atoms with Gasteiger partial charge in [0.15, 0.2) is 0 Å². The predicted molar refractivity (Wildman–Crippen MR) is 45.3 cm³/mol. The number of carbonyl (C=O) groups excluding carboxylic acids is 1. The number of esters is 1. The van der Waals surface area contributed by atoms with E-state index in [-0.39, 0.29) is 5.97 Å². The molecule has 0 saturated heterocycles. The summed E-state index contributed by atoms with van der Waals surface area (Å²) in [6.07, 6.45) is 3.43. The van der Waals surface area contributed by atoms with Gasteiger partial charge in [-0.3, -0.25) is 4.79 Å². The number of rotatable bonds is 5. The second-order valence-corrected chi connectivity index (χ2v) is 3.02. The monoisotopic (exact) mass is 158 g/mol. The molecule has 2 nitrogen and oxygen atoms in total. The van der Waals surface area contributed by atoms with E-state index in [1.165, 1.54) is 19.8 Å². The summed E-state index contributed by atoms with van der Waals surface area (Å²) >= 11 is 0. The molecule has 0 radical (unpaired) electrons. The van der Waals surface area contributed by atoms with Crippen LogP contribution in [0.4, 0.5) is 0 Å². The predicted octanol–water partition coefficient (Wildman–Crippen LogP) is 2.38. The van der Waals surface area contributed by atoms with Crippen molar-refractivity contribution < 1.29 is 9.53 Å². The van der Waals surface area contributed by atoms with Gasteiger partial charge in [-0.05, 0) is 12.3 Å². The van der Waals surface area contributed by atoms with Crippen molar-refractivity contribution in [3.05, 3.63) is 0 Å². The fourth-order valence-corrected chi connectivity index (χ4v) is 1.04. The number of hydrogen-bond donors (Lipinski definition) is 0. The zero-order valence-electron chi connectivity index (χ0n) is 7.72. The Hall–Kier alpha value is -0.530. The van der Waals surface area contributed by atoms with Crippen LogP contribution in [-0.4, -0.2) is 12.6 Å². The fraction of sp³-hybridized carbons (Fsp3) is 0.889. The highest BCUT2D eigenvalue weighted by Crippen LogP contribution is 2.09. The lowest BCUT2D eigenvalue weighted by Gasteiger charge is -2.08. The summed E-state index contributed by atoms with van der Waals surface area (Å²) in [7, 11) is 0. The van der Waals surface area contributed by atoms with Crippen molar-refractivity contribution in [3.8, 4) is 0 Å². The van der Waals surface area contributed by atoms with E-state index in [4.69, 9.17) is 4.74 Å². The minimum Gasteiger partial charge on any atom is -0.466 e. The zero-order chi connectivity index (χ0) is 8.69. The highest BCUT2D eigenvalue weighted by Gasteiger charge is 2.00. The molecular weight excluding hydrogens is 140 g/mol. The van der Waals surface area contributed by atoms with E-state index in [0.717, 1.165) is 6.42 Å². The third kappa shape index (κ3) is 7.37. The number of hydrogen-bond acceptors (Lipinski definition) is 2. The number of ether oxygens (including phenoxy) is 1. The molecule has 0 aromatic rings. The molecule has 0 bridgehead atoms. The summed E-state index contributed by atoms with van der Waals surface area (Å²) in [5, 5.41) is 0. The van der Waals surface area contributed by atoms with Crippen molar-refractivity contribution in [2.75, 3.05) is 6.61 Å². The minimum atomic E-state index is -0.173. The molecule has 11 heavy (non-hydrogen) atoms. The van der Waals surface area contributed by atoms with Crippen LogP contribution in [-0.2, 0) is 9.53 Å². The van der Waals surface area contributed by atoms with Crippen molar-refractivity contribution in [1.29, 1.82) is 0 Å². The SMILES string of the molecule is CCC[C@H](C)CCOC(C)=O. The Morgan fingerprint density at radius 2 is 2.09 bits per heavy atom. The molecule has 0 saturated carbocycles. The molecule has 0 aromatic carbocycles. The Morgan fingerprint density at radius 3 is 2.55 bits per heavy atom.